The van der Waals surface area contributed by atoms with E-state index < -0.39 is 17.4 Å². The lowest BCUT2D eigenvalue weighted by molar-refractivity contribution is -0.136. The number of benzene rings is 1. The summed E-state index contributed by atoms with van der Waals surface area (Å²) in [5.74, 6) is -1.35. The highest BCUT2D eigenvalue weighted by atomic mass is 32.1. The Morgan fingerprint density at radius 3 is 2.65 bits per heavy atom. The van der Waals surface area contributed by atoms with E-state index in [0.29, 0.717) is 16.3 Å². The van der Waals surface area contributed by atoms with Gasteiger partial charge in [0.1, 0.15) is 5.76 Å². The Balaban J connectivity index is 1.69. The molecule has 3 rings (SSSR count). The molecule has 3 aromatic rings. The molecule has 0 aliphatic carbocycles. The Labute approximate surface area is 154 Å². The predicted molar refractivity (Wildman–Crippen MR) is 98.8 cm³/mol. The molecule has 2 heterocycles. The number of nitrogens with one attached hydrogen (secondary N) is 2. The quantitative estimate of drug-likeness (QED) is 0.602. The van der Waals surface area contributed by atoms with E-state index in [4.69, 9.17) is 4.42 Å². The maximum atomic E-state index is 12.2. The zero-order chi connectivity index (χ0) is 18.6. The lowest BCUT2D eigenvalue weighted by Crippen LogP contribution is -2.44. The summed E-state index contributed by atoms with van der Waals surface area (Å²) in [5.41, 5.74) is -0.0467. The van der Waals surface area contributed by atoms with E-state index in [-0.39, 0.29) is 6.54 Å². The van der Waals surface area contributed by atoms with Gasteiger partial charge in [-0.05, 0) is 48.2 Å². The van der Waals surface area contributed by atoms with Gasteiger partial charge in [0, 0.05) is 10.6 Å². The van der Waals surface area contributed by atoms with Crippen molar-refractivity contribution in [3.05, 3.63) is 76.4 Å². The predicted octanol–water partition coefficient (Wildman–Crippen LogP) is 2.64. The van der Waals surface area contributed by atoms with E-state index in [1.165, 1.54) is 17.6 Å². The standard InChI is InChI=1S/C19H18N2O4S/c1-13-5-2-6-14(11-13)21-18(23)17(22)20-12-19(24,15-7-3-9-25-15)16-8-4-10-26-16/h2-11,24H,12H2,1H3,(H,20,22)(H,21,23). The second kappa shape index (κ2) is 7.55. The van der Waals surface area contributed by atoms with Gasteiger partial charge in [0.15, 0.2) is 5.60 Å². The van der Waals surface area contributed by atoms with Crippen LogP contribution in [0.25, 0.3) is 0 Å². The average Bonchev–Trinajstić information content (AvgIpc) is 3.33. The first kappa shape index (κ1) is 17.9. The van der Waals surface area contributed by atoms with Gasteiger partial charge in [-0.3, -0.25) is 9.59 Å². The molecule has 26 heavy (non-hydrogen) atoms. The first-order valence-electron chi connectivity index (χ1n) is 7.95. The normalized spacial score (nSPS) is 13.0. The van der Waals surface area contributed by atoms with Crippen LogP contribution in [-0.4, -0.2) is 23.5 Å². The van der Waals surface area contributed by atoms with Gasteiger partial charge >= 0.3 is 11.8 Å². The highest BCUT2D eigenvalue weighted by molar-refractivity contribution is 7.10. The first-order chi connectivity index (χ1) is 12.5. The van der Waals surface area contributed by atoms with Gasteiger partial charge < -0.3 is 20.2 Å². The van der Waals surface area contributed by atoms with Crippen LogP contribution in [0.15, 0.2) is 64.6 Å². The minimum Gasteiger partial charge on any atom is -0.466 e. The second-order valence-corrected chi connectivity index (χ2v) is 6.77. The first-order valence-corrected chi connectivity index (χ1v) is 8.83. The highest BCUT2D eigenvalue weighted by Crippen LogP contribution is 2.32. The SMILES string of the molecule is Cc1cccc(NC(=O)C(=O)NCC(O)(c2ccco2)c2cccs2)c1. The van der Waals surface area contributed by atoms with Crippen LogP contribution in [0.3, 0.4) is 0 Å². The Bertz CT molecular complexity index is 854. The van der Waals surface area contributed by atoms with Crippen LogP contribution in [0, 0.1) is 6.92 Å². The average molecular weight is 370 g/mol. The molecule has 1 aromatic carbocycles. The van der Waals surface area contributed by atoms with Crippen molar-refractivity contribution in [1.82, 2.24) is 5.32 Å². The summed E-state index contributed by atoms with van der Waals surface area (Å²) in [6, 6.07) is 13.9. The van der Waals surface area contributed by atoms with Gasteiger partial charge in [-0.1, -0.05) is 18.2 Å². The lowest BCUT2D eigenvalue weighted by Gasteiger charge is -2.25. The summed E-state index contributed by atoms with van der Waals surface area (Å²) in [4.78, 5) is 24.8. The van der Waals surface area contributed by atoms with Gasteiger partial charge in [-0.15, -0.1) is 11.3 Å². The fourth-order valence-corrected chi connectivity index (χ4v) is 3.35. The molecular formula is C19H18N2O4S. The van der Waals surface area contributed by atoms with Gasteiger partial charge in [0.05, 0.1) is 12.8 Å². The van der Waals surface area contributed by atoms with Crippen molar-refractivity contribution >= 4 is 28.8 Å². The molecule has 0 bridgehead atoms. The van der Waals surface area contributed by atoms with E-state index in [2.05, 4.69) is 10.6 Å². The molecule has 0 fully saturated rings. The monoisotopic (exact) mass is 370 g/mol. The third kappa shape index (κ3) is 3.84. The molecule has 2 aromatic heterocycles. The molecule has 2 amide bonds. The van der Waals surface area contributed by atoms with Gasteiger partial charge in [0.25, 0.3) is 0 Å². The fraction of sp³-hybridized carbons (Fsp3) is 0.158. The number of anilines is 1. The van der Waals surface area contributed by atoms with Crippen molar-refractivity contribution in [2.75, 3.05) is 11.9 Å². The number of carbonyl (C=O) groups is 2. The summed E-state index contributed by atoms with van der Waals surface area (Å²) in [5, 5.41) is 17.9. The molecule has 0 saturated heterocycles. The van der Waals surface area contributed by atoms with E-state index in [9.17, 15) is 14.7 Å². The molecule has 1 atom stereocenters. The Morgan fingerprint density at radius 1 is 1.15 bits per heavy atom. The molecule has 0 radical (unpaired) electrons. The van der Waals surface area contributed by atoms with E-state index in [1.807, 2.05) is 18.4 Å². The number of thiophene rings is 1. The third-order valence-electron chi connectivity index (χ3n) is 3.84. The zero-order valence-electron chi connectivity index (χ0n) is 14.1. The van der Waals surface area contributed by atoms with Crippen LogP contribution in [-0.2, 0) is 15.2 Å². The van der Waals surface area contributed by atoms with Gasteiger partial charge in [-0.2, -0.15) is 0 Å². The number of rotatable bonds is 5. The summed E-state index contributed by atoms with van der Waals surface area (Å²) in [7, 11) is 0. The minimum absolute atomic E-state index is 0.193. The molecule has 0 spiro atoms. The lowest BCUT2D eigenvalue weighted by atomic mass is 9.98. The summed E-state index contributed by atoms with van der Waals surface area (Å²) in [6.07, 6.45) is 1.44. The Kier molecular flexibility index (Phi) is 5.20. The van der Waals surface area contributed by atoms with Crippen molar-refractivity contribution in [2.24, 2.45) is 0 Å². The second-order valence-electron chi connectivity index (χ2n) is 5.82. The number of furan rings is 1. The molecule has 0 saturated carbocycles. The van der Waals surface area contributed by atoms with Crippen molar-refractivity contribution in [3.8, 4) is 0 Å². The number of carbonyl (C=O) groups excluding carboxylic acids is 2. The maximum absolute atomic E-state index is 12.2. The number of amides is 2. The molecule has 134 valence electrons. The van der Waals surface area contributed by atoms with Gasteiger partial charge in [0.2, 0.25) is 0 Å². The van der Waals surface area contributed by atoms with E-state index in [0.717, 1.165) is 5.56 Å². The molecule has 7 heteroatoms. The molecule has 3 N–H and O–H groups in total. The number of hydrogen-bond donors (Lipinski definition) is 3. The Hall–Kier alpha value is -2.90. The van der Waals surface area contributed by atoms with Crippen molar-refractivity contribution in [3.63, 3.8) is 0 Å². The van der Waals surface area contributed by atoms with Crippen molar-refractivity contribution in [2.45, 2.75) is 12.5 Å². The Morgan fingerprint density at radius 2 is 2.00 bits per heavy atom. The van der Waals surface area contributed by atoms with Crippen LogP contribution in [0.5, 0.6) is 0 Å². The molecular weight excluding hydrogens is 352 g/mol. The highest BCUT2D eigenvalue weighted by Gasteiger charge is 2.36. The van der Waals surface area contributed by atoms with Crippen LogP contribution in [0.1, 0.15) is 16.2 Å². The topological polar surface area (TPSA) is 91.6 Å². The molecule has 6 nitrogen and oxygen atoms in total. The van der Waals surface area contributed by atoms with Crippen LogP contribution < -0.4 is 10.6 Å². The van der Waals surface area contributed by atoms with Crippen LogP contribution >= 0.6 is 11.3 Å². The minimum atomic E-state index is -1.54. The third-order valence-corrected chi connectivity index (χ3v) is 4.87. The summed E-state index contributed by atoms with van der Waals surface area (Å²) in [6.45, 7) is 1.70. The molecule has 0 aliphatic heterocycles. The number of aliphatic hydroxyl groups is 1. The van der Waals surface area contributed by atoms with Crippen LogP contribution in [0.4, 0.5) is 5.69 Å². The number of aryl methyl sites for hydroxylation is 1. The molecule has 1 unspecified atom stereocenters. The van der Waals surface area contributed by atoms with Crippen LogP contribution in [0.2, 0.25) is 0 Å². The smallest absolute Gasteiger partial charge is 0.313 e. The van der Waals surface area contributed by atoms with E-state index in [1.54, 1.807) is 42.5 Å². The van der Waals surface area contributed by atoms with Gasteiger partial charge in [-0.25, -0.2) is 0 Å². The largest absolute Gasteiger partial charge is 0.466 e. The summed E-state index contributed by atoms with van der Waals surface area (Å²) >= 11 is 1.33. The molecule has 0 aliphatic rings. The summed E-state index contributed by atoms with van der Waals surface area (Å²) < 4.78 is 5.33. The fourth-order valence-electron chi connectivity index (χ4n) is 2.52. The number of hydrogen-bond acceptors (Lipinski definition) is 5. The zero-order valence-corrected chi connectivity index (χ0v) is 14.9. The van der Waals surface area contributed by atoms with E-state index >= 15 is 0 Å². The van der Waals surface area contributed by atoms with Crippen molar-refractivity contribution < 1.29 is 19.1 Å². The maximum Gasteiger partial charge on any atom is 0.313 e. The van der Waals surface area contributed by atoms with Crippen molar-refractivity contribution in [1.29, 1.82) is 0 Å².